The smallest absolute Gasteiger partial charge is 0.165 e. The zero-order valence-corrected chi connectivity index (χ0v) is 12.9. The first-order valence-electron chi connectivity index (χ1n) is 7.83. The average molecular weight is 281 g/mol. The fourth-order valence-electron chi connectivity index (χ4n) is 2.22. The zero-order chi connectivity index (χ0) is 14.6. The van der Waals surface area contributed by atoms with Gasteiger partial charge in [0.05, 0.1) is 6.61 Å². The van der Waals surface area contributed by atoms with E-state index in [1.54, 1.807) is 6.07 Å². The number of ether oxygens (including phenoxy) is 1. The summed E-state index contributed by atoms with van der Waals surface area (Å²) < 4.78 is 19.2. The number of nitrogens with one attached hydrogen (secondary N) is 1. The van der Waals surface area contributed by atoms with Crippen molar-refractivity contribution in [3.63, 3.8) is 0 Å². The van der Waals surface area contributed by atoms with Crippen LogP contribution in [0.2, 0.25) is 0 Å². The van der Waals surface area contributed by atoms with Crippen molar-refractivity contribution in [1.82, 2.24) is 5.32 Å². The predicted molar refractivity (Wildman–Crippen MR) is 82.7 cm³/mol. The molecule has 0 radical (unpaired) electrons. The molecule has 0 spiro atoms. The Morgan fingerprint density at radius 1 is 1.05 bits per heavy atom. The molecule has 0 aliphatic carbocycles. The van der Waals surface area contributed by atoms with Crippen LogP contribution in [0.3, 0.4) is 0 Å². The SMILES string of the molecule is CCCCCCCCCOc1ccc(CNC)cc1F. The lowest BCUT2D eigenvalue weighted by molar-refractivity contribution is 0.289. The standard InChI is InChI=1S/C17H28FNO/c1-3-4-5-6-7-8-9-12-20-17-11-10-15(14-19-2)13-16(17)18/h10-11,13,19H,3-9,12,14H2,1-2H3. The maximum Gasteiger partial charge on any atom is 0.165 e. The summed E-state index contributed by atoms with van der Waals surface area (Å²) in [6.07, 6.45) is 8.69. The van der Waals surface area contributed by atoms with Crippen molar-refractivity contribution in [3.05, 3.63) is 29.6 Å². The molecule has 0 fully saturated rings. The highest BCUT2D eigenvalue weighted by molar-refractivity contribution is 5.29. The normalized spacial score (nSPS) is 10.8. The molecule has 0 aromatic heterocycles. The Hall–Kier alpha value is -1.09. The van der Waals surface area contributed by atoms with Crippen LogP contribution in [0, 0.1) is 5.82 Å². The molecule has 0 bridgehead atoms. The van der Waals surface area contributed by atoms with Crippen LogP contribution in [0.5, 0.6) is 5.75 Å². The topological polar surface area (TPSA) is 21.3 Å². The fourth-order valence-corrected chi connectivity index (χ4v) is 2.22. The van der Waals surface area contributed by atoms with Crippen molar-refractivity contribution in [2.75, 3.05) is 13.7 Å². The van der Waals surface area contributed by atoms with E-state index in [9.17, 15) is 4.39 Å². The minimum absolute atomic E-state index is 0.263. The highest BCUT2D eigenvalue weighted by Crippen LogP contribution is 2.19. The van der Waals surface area contributed by atoms with Gasteiger partial charge >= 0.3 is 0 Å². The van der Waals surface area contributed by atoms with Gasteiger partial charge in [0, 0.05) is 6.54 Å². The molecule has 3 heteroatoms. The number of unbranched alkanes of at least 4 members (excludes halogenated alkanes) is 6. The van der Waals surface area contributed by atoms with E-state index in [0.29, 0.717) is 18.9 Å². The number of rotatable bonds is 11. The molecule has 0 saturated heterocycles. The van der Waals surface area contributed by atoms with Crippen LogP contribution < -0.4 is 10.1 Å². The lowest BCUT2D eigenvalue weighted by Crippen LogP contribution is -2.06. The third-order valence-electron chi connectivity index (χ3n) is 3.38. The second-order valence-electron chi connectivity index (χ2n) is 5.26. The molecule has 1 N–H and O–H groups in total. The third-order valence-corrected chi connectivity index (χ3v) is 3.38. The Kier molecular flexibility index (Phi) is 9.05. The first kappa shape index (κ1) is 17.0. The lowest BCUT2D eigenvalue weighted by atomic mass is 10.1. The number of benzene rings is 1. The van der Waals surface area contributed by atoms with Crippen LogP contribution in [0.4, 0.5) is 4.39 Å². The Balaban J connectivity index is 2.15. The third kappa shape index (κ3) is 6.90. The van der Waals surface area contributed by atoms with Gasteiger partial charge in [-0.25, -0.2) is 4.39 Å². The number of hydrogen-bond donors (Lipinski definition) is 1. The fraction of sp³-hybridized carbons (Fsp3) is 0.647. The first-order valence-corrected chi connectivity index (χ1v) is 7.83. The van der Waals surface area contributed by atoms with E-state index in [4.69, 9.17) is 4.74 Å². The van der Waals surface area contributed by atoms with Crippen LogP contribution in [0.15, 0.2) is 18.2 Å². The summed E-state index contributed by atoms with van der Waals surface area (Å²) in [5.74, 6) is 0.108. The van der Waals surface area contributed by atoms with E-state index in [-0.39, 0.29) is 5.82 Å². The molecule has 20 heavy (non-hydrogen) atoms. The van der Waals surface area contributed by atoms with Crippen molar-refractivity contribution in [2.45, 2.75) is 58.4 Å². The Labute approximate surface area is 122 Å². The molecule has 0 heterocycles. The number of halogens is 1. The summed E-state index contributed by atoms with van der Waals surface area (Å²) in [6.45, 7) is 3.51. The molecule has 0 atom stereocenters. The zero-order valence-electron chi connectivity index (χ0n) is 12.9. The van der Waals surface area contributed by atoms with E-state index in [0.717, 1.165) is 12.0 Å². The maximum atomic E-state index is 13.7. The Morgan fingerprint density at radius 2 is 1.75 bits per heavy atom. The van der Waals surface area contributed by atoms with Crippen LogP contribution in [-0.4, -0.2) is 13.7 Å². The summed E-state index contributed by atoms with van der Waals surface area (Å²) in [5.41, 5.74) is 0.938. The second kappa shape index (κ2) is 10.7. The molecule has 2 nitrogen and oxygen atoms in total. The van der Waals surface area contributed by atoms with E-state index >= 15 is 0 Å². The van der Waals surface area contributed by atoms with Gasteiger partial charge in [-0.3, -0.25) is 0 Å². The van der Waals surface area contributed by atoms with E-state index < -0.39 is 0 Å². The van der Waals surface area contributed by atoms with Crippen LogP contribution in [0.1, 0.15) is 57.4 Å². The Bertz CT molecular complexity index is 368. The van der Waals surface area contributed by atoms with Crippen molar-refractivity contribution in [1.29, 1.82) is 0 Å². The molecule has 1 rings (SSSR count). The molecule has 0 aliphatic heterocycles. The summed E-state index contributed by atoms with van der Waals surface area (Å²) in [6, 6.07) is 5.17. The number of hydrogen-bond acceptors (Lipinski definition) is 2. The molecule has 114 valence electrons. The lowest BCUT2D eigenvalue weighted by Gasteiger charge is -2.08. The van der Waals surface area contributed by atoms with Gasteiger partial charge in [0.1, 0.15) is 0 Å². The van der Waals surface area contributed by atoms with E-state index in [1.165, 1.54) is 44.6 Å². The molecule has 0 unspecified atom stereocenters. The average Bonchev–Trinajstić information content (AvgIpc) is 2.44. The van der Waals surface area contributed by atoms with E-state index in [2.05, 4.69) is 12.2 Å². The van der Waals surface area contributed by atoms with Gasteiger partial charge in [0.2, 0.25) is 0 Å². The largest absolute Gasteiger partial charge is 0.491 e. The van der Waals surface area contributed by atoms with Gasteiger partial charge in [-0.15, -0.1) is 0 Å². The van der Waals surface area contributed by atoms with Crippen molar-refractivity contribution in [2.24, 2.45) is 0 Å². The monoisotopic (exact) mass is 281 g/mol. The van der Waals surface area contributed by atoms with E-state index in [1.807, 2.05) is 13.1 Å². The van der Waals surface area contributed by atoms with Gasteiger partial charge < -0.3 is 10.1 Å². The summed E-state index contributed by atoms with van der Waals surface area (Å²) in [4.78, 5) is 0. The van der Waals surface area contributed by atoms with Gasteiger partial charge in [-0.2, -0.15) is 0 Å². The van der Waals surface area contributed by atoms with Gasteiger partial charge in [-0.05, 0) is 31.2 Å². The summed E-state index contributed by atoms with van der Waals surface area (Å²) in [5, 5.41) is 3.00. The molecule has 1 aromatic carbocycles. The summed E-state index contributed by atoms with van der Waals surface area (Å²) in [7, 11) is 1.85. The molecule has 1 aromatic rings. The van der Waals surface area contributed by atoms with Gasteiger partial charge in [0.25, 0.3) is 0 Å². The van der Waals surface area contributed by atoms with Crippen molar-refractivity contribution < 1.29 is 9.13 Å². The summed E-state index contributed by atoms with van der Waals surface area (Å²) >= 11 is 0. The molecule has 0 aliphatic rings. The van der Waals surface area contributed by atoms with Crippen LogP contribution >= 0.6 is 0 Å². The second-order valence-corrected chi connectivity index (χ2v) is 5.26. The van der Waals surface area contributed by atoms with Gasteiger partial charge in [0.15, 0.2) is 11.6 Å². The van der Waals surface area contributed by atoms with Crippen LogP contribution in [0.25, 0.3) is 0 Å². The van der Waals surface area contributed by atoms with Crippen LogP contribution in [-0.2, 0) is 6.54 Å². The molecule has 0 saturated carbocycles. The first-order chi connectivity index (χ1) is 9.77. The minimum atomic E-state index is -0.263. The van der Waals surface area contributed by atoms with Crippen molar-refractivity contribution >= 4 is 0 Å². The quantitative estimate of drug-likeness (QED) is 0.595. The molecular weight excluding hydrogens is 253 g/mol. The molecular formula is C17H28FNO. The highest BCUT2D eigenvalue weighted by Gasteiger charge is 2.04. The maximum absolute atomic E-state index is 13.7. The highest BCUT2D eigenvalue weighted by atomic mass is 19.1. The minimum Gasteiger partial charge on any atom is -0.491 e. The molecule has 0 amide bonds. The Morgan fingerprint density at radius 3 is 2.40 bits per heavy atom. The van der Waals surface area contributed by atoms with Gasteiger partial charge in [-0.1, -0.05) is 51.5 Å². The van der Waals surface area contributed by atoms with Crippen molar-refractivity contribution in [3.8, 4) is 5.75 Å². The predicted octanol–water partition coefficient (Wildman–Crippen LogP) is 4.67.